The van der Waals surface area contributed by atoms with E-state index in [9.17, 15) is 9.59 Å². The van der Waals surface area contributed by atoms with Gasteiger partial charge in [0.15, 0.2) is 8.32 Å². The van der Waals surface area contributed by atoms with Crippen molar-refractivity contribution in [2.75, 3.05) is 19.7 Å². The summed E-state index contributed by atoms with van der Waals surface area (Å²) in [4.78, 5) is 32.4. The maximum atomic E-state index is 13.2. The number of fused-ring (bicyclic) bond motifs is 1. The molecule has 0 bridgehead atoms. The zero-order chi connectivity index (χ0) is 32.6. The molecule has 1 atom stereocenters. The molecule has 0 spiro atoms. The number of rotatable bonds is 8. The van der Waals surface area contributed by atoms with Gasteiger partial charge >= 0.3 is 6.09 Å². The minimum absolute atomic E-state index is 0.0630. The number of hydrogen-bond acceptors (Lipinski definition) is 7. The van der Waals surface area contributed by atoms with Gasteiger partial charge in [-0.1, -0.05) is 32.0 Å². The van der Waals surface area contributed by atoms with Gasteiger partial charge in [0.05, 0.1) is 22.8 Å². The Balaban J connectivity index is 1.79. The summed E-state index contributed by atoms with van der Waals surface area (Å²) in [5.41, 5.74) is 3.93. The van der Waals surface area contributed by atoms with Crippen LogP contribution < -0.4 is 5.32 Å². The molecule has 1 N–H and O–H groups in total. The third-order valence-corrected chi connectivity index (χ3v) is 13.5. The second-order valence-corrected chi connectivity index (χ2v) is 19.4. The fourth-order valence-corrected chi connectivity index (χ4v) is 6.66. The first-order valence-electron chi connectivity index (χ1n) is 15.7. The molecule has 1 aliphatic rings. The van der Waals surface area contributed by atoms with E-state index < -0.39 is 26.1 Å². The van der Waals surface area contributed by atoms with E-state index in [0.717, 1.165) is 52.3 Å². The second kappa shape index (κ2) is 12.7. The molecule has 3 heterocycles. The molecular formula is C33H51N5O5Si. The molecule has 2 amide bonds. The van der Waals surface area contributed by atoms with Crippen LogP contribution >= 0.6 is 0 Å². The molecule has 2 aromatic heterocycles. The highest BCUT2D eigenvalue weighted by Gasteiger charge is 2.38. The van der Waals surface area contributed by atoms with Crippen LogP contribution in [0.25, 0.3) is 22.2 Å². The quantitative estimate of drug-likeness (QED) is 0.259. The molecule has 0 saturated carbocycles. The van der Waals surface area contributed by atoms with Crippen LogP contribution in [0.2, 0.25) is 18.1 Å². The van der Waals surface area contributed by atoms with Crippen molar-refractivity contribution in [1.29, 1.82) is 0 Å². The Labute approximate surface area is 263 Å². The van der Waals surface area contributed by atoms with E-state index in [1.807, 2.05) is 39.5 Å². The van der Waals surface area contributed by atoms with Crippen molar-refractivity contribution in [3.8, 4) is 11.1 Å². The van der Waals surface area contributed by atoms with Gasteiger partial charge in [0, 0.05) is 38.2 Å². The van der Waals surface area contributed by atoms with Crippen molar-refractivity contribution in [3.05, 3.63) is 35.5 Å². The lowest BCUT2D eigenvalue weighted by Crippen LogP contribution is -2.42. The summed E-state index contributed by atoms with van der Waals surface area (Å²) in [5, 5.41) is 7.35. The van der Waals surface area contributed by atoms with Crippen molar-refractivity contribution in [2.24, 2.45) is 0 Å². The summed E-state index contributed by atoms with van der Waals surface area (Å²) >= 11 is 0. The highest BCUT2D eigenvalue weighted by Crippen LogP contribution is 2.38. The second-order valence-electron chi connectivity index (χ2n) is 14.6. The Morgan fingerprint density at radius 3 is 2.32 bits per heavy atom. The van der Waals surface area contributed by atoms with E-state index in [1.54, 1.807) is 6.92 Å². The van der Waals surface area contributed by atoms with Crippen molar-refractivity contribution >= 4 is 31.4 Å². The van der Waals surface area contributed by atoms with Crippen LogP contribution in [0.4, 0.5) is 4.79 Å². The predicted octanol–water partition coefficient (Wildman–Crippen LogP) is 7.47. The minimum Gasteiger partial charge on any atom is -0.444 e. The van der Waals surface area contributed by atoms with Gasteiger partial charge in [-0.15, -0.1) is 0 Å². The van der Waals surface area contributed by atoms with E-state index in [-0.39, 0.29) is 17.0 Å². The number of piperidine rings is 1. The van der Waals surface area contributed by atoms with Crippen LogP contribution in [0.5, 0.6) is 0 Å². The molecule has 3 aromatic rings. The molecule has 4 rings (SSSR count). The average molecular weight is 626 g/mol. The number of benzene rings is 1. The lowest BCUT2D eigenvalue weighted by Gasteiger charge is -2.37. The first-order chi connectivity index (χ1) is 20.4. The first kappa shape index (κ1) is 33.7. The maximum Gasteiger partial charge on any atom is 0.408 e. The Kier molecular flexibility index (Phi) is 9.70. The average Bonchev–Trinajstić information content (AvgIpc) is 3.45. The lowest BCUT2D eigenvalue weighted by molar-refractivity contribution is -0.130. The first-order valence-corrected chi connectivity index (χ1v) is 18.6. The molecule has 1 unspecified atom stereocenters. The van der Waals surface area contributed by atoms with Crippen molar-refractivity contribution < 1.29 is 23.3 Å². The number of aryl methyl sites for hydroxylation is 2. The topological polar surface area (TPSA) is 112 Å². The number of hydrogen-bond donors (Lipinski definition) is 1. The van der Waals surface area contributed by atoms with Crippen LogP contribution in [0.1, 0.15) is 97.1 Å². The Bertz CT molecular complexity index is 1470. The standard InChI is InChI=1S/C33H51N5O5Si/c1-21-29(22(2)43-36-21)24-12-13-28-27(20-24)34-30(38(28)25-14-17-37(18-15-25)23(3)39)26(35-31(40)42-32(4,5)6)16-19-41-44(10,11)33(7,8)9/h12-13,20,25-26H,14-19H2,1-11H3,(H,35,40). The van der Waals surface area contributed by atoms with E-state index >= 15 is 0 Å². The monoisotopic (exact) mass is 625 g/mol. The van der Waals surface area contributed by atoms with Gasteiger partial charge in [-0.2, -0.15) is 0 Å². The van der Waals surface area contributed by atoms with Crippen molar-refractivity contribution in [3.63, 3.8) is 0 Å². The highest BCUT2D eigenvalue weighted by atomic mass is 28.4. The van der Waals surface area contributed by atoms with Crippen LogP contribution in [-0.2, 0) is 14.0 Å². The smallest absolute Gasteiger partial charge is 0.408 e. The van der Waals surface area contributed by atoms with E-state index in [1.165, 1.54) is 0 Å². The summed E-state index contributed by atoms with van der Waals surface area (Å²) in [7, 11) is -2.02. The van der Waals surface area contributed by atoms with Crippen LogP contribution in [-0.4, -0.2) is 65.2 Å². The third kappa shape index (κ3) is 7.54. The van der Waals surface area contributed by atoms with Gasteiger partial charge in [-0.05, 0) is 89.7 Å². The van der Waals surface area contributed by atoms with Crippen LogP contribution in [0.3, 0.4) is 0 Å². The number of amides is 2. The molecule has 0 radical (unpaired) electrons. The van der Waals surface area contributed by atoms with E-state index in [2.05, 4.69) is 67.1 Å². The SMILES string of the molecule is CC(=O)N1CCC(n2c(C(CCO[Si](C)(C)C(C)(C)C)NC(=O)OC(C)(C)C)nc3cc(-c4c(C)noc4C)ccc32)CC1. The van der Waals surface area contributed by atoms with Gasteiger partial charge in [-0.25, -0.2) is 9.78 Å². The summed E-state index contributed by atoms with van der Waals surface area (Å²) < 4.78 is 20.0. The number of nitrogens with zero attached hydrogens (tertiary/aromatic N) is 4. The van der Waals surface area contributed by atoms with Gasteiger partial charge in [0.1, 0.15) is 17.2 Å². The fraction of sp³-hybridized carbons (Fsp3) is 0.636. The number of carbonyl (C=O) groups is 2. The Morgan fingerprint density at radius 1 is 1.11 bits per heavy atom. The predicted molar refractivity (Wildman–Crippen MR) is 175 cm³/mol. The molecular weight excluding hydrogens is 574 g/mol. The molecule has 1 fully saturated rings. The van der Waals surface area contributed by atoms with Gasteiger partial charge in [-0.3, -0.25) is 4.79 Å². The van der Waals surface area contributed by atoms with Crippen molar-refractivity contribution in [1.82, 2.24) is 24.9 Å². The molecule has 242 valence electrons. The van der Waals surface area contributed by atoms with Crippen molar-refractivity contribution in [2.45, 2.75) is 117 Å². The summed E-state index contributed by atoms with van der Waals surface area (Å²) in [6.45, 7) is 24.0. The largest absolute Gasteiger partial charge is 0.444 e. The minimum atomic E-state index is -2.02. The van der Waals surface area contributed by atoms with Crippen LogP contribution in [0, 0.1) is 13.8 Å². The number of likely N-dealkylation sites (tertiary alicyclic amines) is 1. The third-order valence-electron chi connectivity index (χ3n) is 8.99. The fourth-order valence-electron chi connectivity index (χ4n) is 5.60. The van der Waals surface area contributed by atoms with Gasteiger partial charge in [0.25, 0.3) is 0 Å². The van der Waals surface area contributed by atoms with Crippen LogP contribution in [0.15, 0.2) is 22.7 Å². The van der Waals surface area contributed by atoms with E-state index in [0.29, 0.717) is 26.1 Å². The Hall–Kier alpha value is -3.18. The highest BCUT2D eigenvalue weighted by molar-refractivity contribution is 6.74. The van der Waals surface area contributed by atoms with E-state index in [4.69, 9.17) is 18.7 Å². The lowest BCUT2D eigenvalue weighted by atomic mass is 10.0. The number of imidazole rings is 1. The maximum absolute atomic E-state index is 13.2. The summed E-state index contributed by atoms with van der Waals surface area (Å²) in [5.74, 6) is 1.61. The number of aromatic nitrogens is 3. The molecule has 1 saturated heterocycles. The normalized spacial score (nSPS) is 15.9. The summed E-state index contributed by atoms with van der Waals surface area (Å²) in [6.07, 6.45) is 1.64. The van der Waals surface area contributed by atoms with Gasteiger partial charge in [0.2, 0.25) is 5.91 Å². The summed E-state index contributed by atoms with van der Waals surface area (Å²) in [6, 6.07) is 5.91. The molecule has 44 heavy (non-hydrogen) atoms. The molecule has 1 aliphatic heterocycles. The molecule has 11 heteroatoms. The number of ether oxygens (including phenoxy) is 1. The number of carbonyl (C=O) groups excluding carboxylic acids is 2. The number of alkyl carbamates (subject to hydrolysis) is 1. The number of nitrogens with one attached hydrogen (secondary N) is 1. The molecule has 1 aromatic carbocycles. The zero-order valence-corrected chi connectivity index (χ0v) is 29.5. The molecule has 10 nitrogen and oxygen atoms in total. The molecule has 0 aliphatic carbocycles. The Morgan fingerprint density at radius 2 is 1.77 bits per heavy atom. The van der Waals surface area contributed by atoms with Gasteiger partial charge < -0.3 is 28.5 Å². The zero-order valence-electron chi connectivity index (χ0n) is 28.5.